The second-order valence-electron chi connectivity index (χ2n) is 6.36. The Morgan fingerprint density at radius 1 is 1.18 bits per heavy atom. The molecule has 28 heavy (non-hydrogen) atoms. The van der Waals surface area contributed by atoms with E-state index in [1.54, 1.807) is 54.6 Å². The average molecular weight is 392 g/mol. The van der Waals surface area contributed by atoms with Crippen molar-refractivity contribution < 1.29 is 27.8 Å². The van der Waals surface area contributed by atoms with Crippen molar-refractivity contribution in [2.45, 2.75) is 31.7 Å². The second kappa shape index (κ2) is 7.63. The van der Waals surface area contributed by atoms with Crippen LogP contribution in [0.15, 0.2) is 59.7 Å². The summed E-state index contributed by atoms with van der Waals surface area (Å²) < 4.78 is 46.1. The van der Waals surface area contributed by atoms with Crippen molar-refractivity contribution in [1.29, 1.82) is 0 Å². The Morgan fingerprint density at radius 3 is 2.46 bits per heavy atom. The zero-order chi connectivity index (χ0) is 20.4. The van der Waals surface area contributed by atoms with Crippen LogP contribution in [-0.2, 0) is 11.2 Å². The number of carbonyl (C=O) groups excluding carboxylic acids is 1. The van der Waals surface area contributed by atoms with Crippen molar-refractivity contribution in [2.24, 2.45) is 5.10 Å². The van der Waals surface area contributed by atoms with E-state index in [9.17, 15) is 23.1 Å². The van der Waals surface area contributed by atoms with Crippen molar-refractivity contribution in [3.63, 3.8) is 0 Å². The monoisotopic (exact) mass is 392 g/mol. The molecule has 0 aliphatic carbocycles. The number of halogens is 3. The summed E-state index contributed by atoms with van der Waals surface area (Å²) in [7, 11) is 0. The molecule has 2 aromatic carbocycles. The normalized spacial score (nSPS) is 19.5. The molecule has 1 heterocycles. The van der Waals surface area contributed by atoms with Gasteiger partial charge in [0.25, 0.3) is 11.6 Å². The van der Waals surface area contributed by atoms with Crippen molar-refractivity contribution in [3.8, 4) is 5.75 Å². The number of nitrogens with zero attached hydrogens (tertiary/aromatic N) is 2. The third kappa shape index (κ3) is 3.73. The Balaban J connectivity index is 1.85. The number of ether oxygens (including phenoxy) is 1. The minimum Gasteiger partial charge on any atom is -0.483 e. The largest absolute Gasteiger partial charge is 0.483 e. The van der Waals surface area contributed by atoms with E-state index in [2.05, 4.69) is 5.10 Å². The molecular formula is C20H19F3N2O3. The summed E-state index contributed by atoms with van der Waals surface area (Å²) in [6.45, 7) is 1.21. The minimum atomic E-state index is -5.08. The Hall–Kier alpha value is -2.87. The summed E-state index contributed by atoms with van der Waals surface area (Å²) >= 11 is 0. The van der Waals surface area contributed by atoms with Gasteiger partial charge in [-0.2, -0.15) is 23.3 Å². The molecule has 0 aromatic heterocycles. The standard InChI is InChI=1S/C20H19F3N2O3/c1-2-14-8-6-7-11-17(14)28-13-18(26)25-19(27,20(21,22)23)12-16(24-25)15-9-4-3-5-10-15/h3-11,27H,2,12-13H2,1H3/t19-/m0/s1. The lowest BCUT2D eigenvalue weighted by atomic mass is 10.0. The molecule has 8 heteroatoms. The van der Waals surface area contributed by atoms with Crippen molar-refractivity contribution >= 4 is 11.6 Å². The summed E-state index contributed by atoms with van der Waals surface area (Å²) in [5, 5.41) is 14.2. The number of carbonyl (C=O) groups is 1. The first kappa shape index (κ1) is 19.9. The van der Waals surface area contributed by atoms with Gasteiger partial charge in [0.1, 0.15) is 5.75 Å². The molecule has 1 aliphatic heterocycles. The van der Waals surface area contributed by atoms with Gasteiger partial charge in [0, 0.05) is 0 Å². The van der Waals surface area contributed by atoms with Crippen LogP contribution in [0, 0.1) is 0 Å². The Labute approximate surface area is 160 Å². The maximum Gasteiger partial charge on any atom is 0.438 e. The maximum atomic E-state index is 13.6. The van der Waals surface area contributed by atoms with Gasteiger partial charge >= 0.3 is 6.18 Å². The molecule has 148 valence electrons. The van der Waals surface area contributed by atoms with Gasteiger partial charge in [-0.25, -0.2) is 0 Å². The quantitative estimate of drug-likeness (QED) is 0.847. The first-order valence-electron chi connectivity index (χ1n) is 8.72. The van der Waals surface area contributed by atoms with Crippen LogP contribution >= 0.6 is 0 Å². The summed E-state index contributed by atoms with van der Waals surface area (Å²) in [4.78, 5) is 12.5. The Kier molecular flexibility index (Phi) is 5.42. The van der Waals surface area contributed by atoms with Crippen molar-refractivity contribution in [1.82, 2.24) is 5.01 Å². The molecule has 5 nitrogen and oxygen atoms in total. The number of aliphatic hydroxyl groups is 1. The van der Waals surface area contributed by atoms with Crippen LogP contribution in [0.3, 0.4) is 0 Å². The SMILES string of the molecule is CCc1ccccc1OCC(=O)N1N=C(c2ccccc2)C[C@]1(O)C(F)(F)F. The zero-order valence-electron chi connectivity index (χ0n) is 15.1. The molecular weight excluding hydrogens is 373 g/mol. The maximum absolute atomic E-state index is 13.6. The lowest BCUT2D eigenvalue weighted by Gasteiger charge is -2.32. The molecule has 1 aliphatic rings. The molecule has 0 fully saturated rings. The number of para-hydroxylation sites is 1. The highest BCUT2D eigenvalue weighted by molar-refractivity contribution is 6.03. The molecule has 3 rings (SSSR count). The number of hydrogen-bond donors (Lipinski definition) is 1. The minimum absolute atomic E-state index is 0.0252. The zero-order valence-corrected chi connectivity index (χ0v) is 15.1. The van der Waals surface area contributed by atoms with E-state index in [4.69, 9.17) is 4.74 Å². The lowest BCUT2D eigenvalue weighted by Crippen LogP contribution is -2.57. The smallest absolute Gasteiger partial charge is 0.438 e. The molecule has 0 spiro atoms. The molecule has 0 radical (unpaired) electrons. The van der Waals surface area contributed by atoms with Gasteiger partial charge in [-0.15, -0.1) is 0 Å². The first-order valence-corrected chi connectivity index (χ1v) is 8.72. The van der Waals surface area contributed by atoms with Crippen LogP contribution in [-0.4, -0.2) is 40.2 Å². The third-order valence-electron chi connectivity index (χ3n) is 4.49. The van der Waals surface area contributed by atoms with E-state index in [0.717, 1.165) is 5.56 Å². The van der Waals surface area contributed by atoms with E-state index in [1.165, 1.54) is 0 Å². The van der Waals surface area contributed by atoms with E-state index >= 15 is 0 Å². The molecule has 0 bridgehead atoms. The highest BCUT2D eigenvalue weighted by Crippen LogP contribution is 2.41. The summed E-state index contributed by atoms with van der Waals surface area (Å²) in [6, 6.07) is 15.0. The number of hydrazone groups is 1. The molecule has 0 saturated heterocycles. The van der Waals surface area contributed by atoms with Crippen molar-refractivity contribution in [3.05, 3.63) is 65.7 Å². The number of amides is 1. The number of alkyl halides is 3. The lowest BCUT2D eigenvalue weighted by molar-refractivity contribution is -0.302. The van der Waals surface area contributed by atoms with Crippen LogP contribution in [0.25, 0.3) is 0 Å². The van der Waals surface area contributed by atoms with Gasteiger partial charge in [-0.3, -0.25) is 4.79 Å². The van der Waals surface area contributed by atoms with Crippen LogP contribution in [0.5, 0.6) is 5.75 Å². The molecule has 0 unspecified atom stereocenters. The first-order chi connectivity index (χ1) is 13.3. The fraction of sp³-hybridized carbons (Fsp3) is 0.300. The Bertz CT molecular complexity index is 884. The van der Waals surface area contributed by atoms with Gasteiger partial charge < -0.3 is 9.84 Å². The topological polar surface area (TPSA) is 62.1 Å². The van der Waals surface area contributed by atoms with Gasteiger partial charge in [-0.05, 0) is 23.6 Å². The van der Waals surface area contributed by atoms with Gasteiger partial charge in [0.15, 0.2) is 6.61 Å². The van der Waals surface area contributed by atoms with E-state index in [1.807, 2.05) is 6.92 Å². The van der Waals surface area contributed by atoms with Gasteiger partial charge in [0.05, 0.1) is 12.1 Å². The molecule has 2 aromatic rings. The van der Waals surface area contributed by atoms with Crippen LogP contribution in [0.1, 0.15) is 24.5 Å². The summed E-state index contributed by atoms with van der Waals surface area (Å²) in [5.74, 6) is -0.683. The predicted octanol–water partition coefficient (Wildman–Crippen LogP) is 3.52. The van der Waals surface area contributed by atoms with Gasteiger partial charge in [0.2, 0.25) is 0 Å². The highest BCUT2D eigenvalue weighted by atomic mass is 19.4. The molecule has 1 N–H and O–H groups in total. The molecule has 1 atom stereocenters. The molecule has 1 amide bonds. The van der Waals surface area contributed by atoms with Crippen LogP contribution in [0.4, 0.5) is 13.2 Å². The van der Waals surface area contributed by atoms with Crippen molar-refractivity contribution in [2.75, 3.05) is 6.61 Å². The number of hydrogen-bond acceptors (Lipinski definition) is 4. The fourth-order valence-corrected chi connectivity index (χ4v) is 2.96. The van der Waals surface area contributed by atoms with Crippen LogP contribution in [0.2, 0.25) is 0 Å². The fourth-order valence-electron chi connectivity index (χ4n) is 2.96. The predicted molar refractivity (Wildman–Crippen MR) is 96.8 cm³/mol. The third-order valence-corrected chi connectivity index (χ3v) is 4.49. The average Bonchev–Trinajstić information content (AvgIpc) is 3.06. The van der Waals surface area contributed by atoms with E-state index in [-0.39, 0.29) is 10.7 Å². The summed E-state index contributed by atoms with van der Waals surface area (Å²) in [5.41, 5.74) is -2.22. The number of rotatable bonds is 5. The second-order valence-corrected chi connectivity index (χ2v) is 6.36. The van der Waals surface area contributed by atoms with E-state index < -0.39 is 30.8 Å². The van der Waals surface area contributed by atoms with Crippen LogP contribution < -0.4 is 4.74 Å². The van der Waals surface area contributed by atoms with Gasteiger partial charge in [-0.1, -0.05) is 55.5 Å². The molecule has 0 saturated carbocycles. The highest BCUT2D eigenvalue weighted by Gasteiger charge is 2.63. The summed E-state index contributed by atoms with van der Waals surface area (Å²) in [6.07, 6.45) is -5.29. The number of aryl methyl sites for hydroxylation is 1. The Morgan fingerprint density at radius 2 is 1.82 bits per heavy atom. The number of benzene rings is 2. The van der Waals surface area contributed by atoms with E-state index in [0.29, 0.717) is 17.7 Å².